The Bertz CT molecular complexity index is 829. The van der Waals surface area contributed by atoms with Crippen molar-refractivity contribution in [2.24, 2.45) is 0 Å². The van der Waals surface area contributed by atoms with E-state index in [1.165, 1.54) is 18.2 Å². The average Bonchev–Trinajstić information content (AvgIpc) is 3.03. The minimum Gasteiger partial charge on any atom is -0.462 e. The van der Waals surface area contributed by atoms with Gasteiger partial charge in [-0.25, -0.2) is 9.18 Å². The third-order valence-electron chi connectivity index (χ3n) is 3.53. The molecule has 1 aliphatic heterocycles. The summed E-state index contributed by atoms with van der Waals surface area (Å²) in [5, 5.41) is 0. The topological polar surface area (TPSA) is 54.0 Å². The highest BCUT2D eigenvalue weighted by Crippen LogP contribution is 2.41. The summed E-state index contributed by atoms with van der Waals surface area (Å²) in [4.78, 5) is 12.1. The standard InChI is InChI=1S/C19H17FO5/c1-3-6-12-9-16-17(24-11-23-16)10-15(12)25-14-8-5-7-13(20)18(14)19(21)22-4-2/h3,5-10H,4,11H2,1-2H3. The van der Waals surface area contributed by atoms with Gasteiger partial charge in [0.25, 0.3) is 0 Å². The van der Waals surface area contributed by atoms with Crippen molar-refractivity contribution in [3.63, 3.8) is 0 Å². The van der Waals surface area contributed by atoms with Crippen molar-refractivity contribution in [1.29, 1.82) is 0 Å². The number of allylic oxidation sites excluding steroid dienone is 1. The highest BCUT2D eigenvalue weighted by molar-refractivity contribution is 5.93. The molecule has 0 aromatic heterocycles. The Morgan fingerprint density at radius 2 is 2.00 bits per heavy atom. The fraction of sp³-hybridized carbons (Fsp3) is 0.211. The lowest BCUT2D eigenvalue weighted by molar-refractivity contribution is 0.0518. The number of fused-ring (bicyclic) bond motifs is 1. The molecule has 5 nitrogen and oxygen atoms in total. The monoisotopic (exact) mass is 344 g/mol. The van der Waals surface area contributed by atoms with E-state index in [2.05, 4.69) is 0 Å². The van der Waals surface area contributed by atoms with Crippen LogP contribution in [0.25, 0.3) is 6.08 Å². The van der Waals surface area contributed by atoms with Crippen LogP contribution in [0.4, 0.5) is 4.39 Å². The maximum absolute atomic E-state index is 14.2. The Morgan fingerprint density at radius 1 is 1.24 bits per heavy atom. The minimum absolute atomic E-state index is 0.0723. The van der Waals surface area contributed by atoms with E-state index < -0.39 is 11.8 Å². The van der Waals surface area contributed by atoms with Gasteiger partial charge in [0.2, 0.25) is 6.79 Å². The first-order valence-corrected chi connectivity index (χ1v) is 7.83. The third-order valence-corrected chi connectivity index (χ3v) is 3.53. The van der Waals surface area contributed by atoms with Gasteiger partial charge in [0, 0.05) is 11.6 Å². The van der Waals surface area contributed by atoms with Crippen molar-refractivity contribution < 1.29 is 28.1 Å². The smallest absolute Gasteiger partial charge is 0.344 e. The van der Waals surface area contributed by atoms with E-state index in [0.29, 0.717) is 22.8 Å². The summed E-state index contributed by atoms with van der Waals surface area (Å²) in [5.74, 6) is 0.137. The average molecular weight is 344 g/mol. The highest BCUT2D eigenvalue weighted by atomic mass is 19.1. The highest BCUT2D eigenvalue weighted by Gasteiger charge is 2.22. The fourth-order valence-electron chi connectivity index (χ4n) is 2.45. The molecule has 0 fully saturated rings. The first kappa shape index (κ1) is 16.8. The summed E-state index contributed by atoms with van der Waals surface area (Å²) in [5.41, 5.74) is 0.472. The van der Waals surface area contributed by atoms with Gasteiger partial charge in [0.15, 0.2) is 11.5 Å². The van der Waals surface area contributed by atoms with E-state index in [1.807, 2.05) is 19.1 Å². The van der Waals surface area contributed by atoms with Crippen LogP contribution in [-0.4, -0.2) is 19.4 Å². The number of ether oxygens (including phenoxy) is 4. The number of hydrogen-bond donors (Lipinski definition) is 0. The van der Waals surface area contributed by atoms with Gasteiger partial charge >= 0.3 is 5.97 Å². The summed E-state index contributed by atoms with van der Waals surface area (Å²) in [7, 11) is 0. The number of rotatable bonds is 5. The van der Waals surface area contributed by atoms with Gasteiger partial charge in [0.1, 0.15) is 22.9 Å². The first-order chi connectivity index (χ1) is 12.1. The van der Waals surface area contributed by atoms with Crippen LogP contribution in [0.2, 0.25) is 0 Å². The lowest BCUT2D eigenvalue weighted by Gasteiger charge is -2.13. The number of esters is 1. The Morgan fingerprint density at radius 3 is 2.72 bits per heavy atom. The van der Waals surface area contributed by atoms with E-state index in [9.17, 15) is 9.18 Å². The van der Waals surface area contributed by atoms with E-state index in [-0.39, 0.29) is 24.7 Å². The van der Waals surface area contributed by atoms with Crippen LogP contribution in [0.3, 0.4) is 0 Å². The summed E-state index contributed by atoms with van der Waals surface area (Å²) >= 11 is 0. The van der Waals surface area contributed by atoms with Crippen LogP contribution in [0.5, 0.6) is 23.0 Å². The van der Waals surface area contributed by atoms with Gasteiger partial charge in [-0.3, -0.25) is 0 Å². The normalized spacial score (nSPS) is 12.4. The second kappa shape index (κ2) is 7.25. The summed E-state index contributed by atoms with van der Waals surface area (Å²) in [6.45, 7) is 3.78. The maximum Gasteiger partial charge on any atom is 0.344 e. The third kappa shape index (κ3) is 3.42. The minimum atomic E-state index is -0.774. The molecule has 2 aromatic carbocycles. The van der Waals surface area contributed by atoms with Crippen LogP contribution >= 0.6 is 0 Å². The number of hydrogen-bond acceptors (Lipinski definition) is 5. The molecule has 1 aliphatic rings. The van der Waals surface area contributed by atoms with Gasteiger partial charge < -0.3 is 18.9 Å². The van der Waals surface area contributed by atoms with Crippen molar-refractivity contribution in [3.8, 4) is 23.0 Å². The molecule has 25 heavy (non-hydrogen) atoms. The van der Waals surface area contributed by atoms with Gasteiger partial charge in [-0.05, 0) is 32.0 Å². The lowest BCUT2D eigenvalue weighted by atomic mass is 10.1. The number of carbonyl (C=O) groups is 1. The molecular formula is C19H17FO5. The molecule has 2 aromatic rings. The molecule has 1 heterocycles. The molecule has 0 bridgehead atoms. The second-order valence-corrected chi connectivity index (χ2v) is 5.18. The molecule has 0 N–H and O–H groups in total. The molecule has 6 heteroatoms. The fourth-order valence-corrected chi connectivity index (χ4v) is 2.45. The van der Waals surface area contributed by atoms with E-state index in [0.717, 1.165) is 0 Å². The van der Waals surface area contributed by atoms with Crippen molar-refractivity contribution >= 4 is 12.0 Å². The Kier molecular flexibility index (Phi) is 4.88. The van der Waals surface area contributed by atoms with Gasteiger partial charge in [-0.2, -0.15) is 0 Å². The molecular weight excluding hydrogens is 327 g/mol. The van der Waals surface area contributed by atoms with Gasteiger partial charge in [-0.15, -0.1) is 0 Å². The summed E-state index contributed by atoms with van der Waals surface area (Å²) in [6, 6.07) is 7.58. The zero-order chi connectivity index (χ0) is 17.8. The first-order valence-electron chi connectivity index (χ1n) is 7.83. The molecule has 0 saturated carbocycles. The molecule has 0 amide bonds. The second-order valence-electron chi connectivity index (χ2n) is 5.18. The number of benzene rings is 2. The van der Waals surface area contributed by atoms with Crippen LogP contribution in [0, 0.1) is 5.82 Å². The molecule has 0 atom stereocenters. The maximum atomic E-state index is 14.2. The molecule has 130 valence electrons. The van der Waals surface area contributed by atoms with Crippen molar-refractivity contribution in [1.82, 2.24) is 0 Å². The summed E-state index contributed by atoms with van der Waals surface area (Å²) < 4.78 is 35.6. The number of carbonyl (C=O) groups excluding carboxylic acids is 1. The van der Waals surface area contributed by atoms with Crippen molar-refractivity contribution in [2.45, 2.75) is 13.8 Å². The SMILES string of the molecule is CC=Cc1cc2c(cc1Oc1cccc(F)c1C(=O)OCC)OCO2. The Labute approximate surface area is 144 Å². The van der Waals surface area contributed by atoms with E-state index >= 15 is 0 Å². The molecule has 3 rings (SSSR count). The predicted molar refractivity (Wildman–Crippen MR) is 89.7 cm³/mol. The molecule has 0 aliphatic carbocycles. The quantitative estimate of drug-likeness (QED) is 0.745. The molecule has 0 radical (unpaired) electrons. The molecule has 0 spiro atoms. The Balaban J connectivity index is 2.03. The van der Waals surface area contributed by atoms with Gasteiger partial charge in [0.05, 0.1) is 6.61 Å². The Hall–Kier alpha value is -3.02. The zero-order valence-corrected chi connectivity index (χ0v) is 13.9. The van der Waals surface area contributed by atoms with Crippen LogP contribution in [0.1, 0.15) is 29.8 Å². The molecule has 0 unspecified atom stereocenters. The summed E-state index contributed by atoms with van der Waals surface area (Å²) in [6.07, 6.45) is 3.66. The van der Waals surface area contributed by atoms with Gasteiger partial charge in [-0.1, -0.05) is 18.2 Å². The molecule has 0 saturated heterocycles. The van der Waals surface area contributed by atoms with Crippen molar-refractivity contribution in [2.75, 3.05) is 13.4 Å². The zero-order valence-electron chi connectivity index (χ0n) is 13.9. The largest absolute Gasteiger partial charge is 0.462 e. The van der Waals surface area contributed by atoms with Crippen LogP contribution in [0.15, 0.2) is 36.4 Å². The predicted octanol–water partition coefficient (Wildman–Crippen LogP) is 4.56. The van der Waals surface area contributed by atoms with Crippen LogP contribution in [-0.2, 0) is 4.74 Å². The van der Waals surface area contributed by atoms with E-state index in [4.69, 9.17) is 18.9 Å². The number of halogens is 1. The van der Waals surface area contributed by atoms with E-state index in [1.54, 1.807) is 19.1 Å². The van der Waals surface area contributed by atoms with Crippen molar-refractivity contribution in [3.05, 3.63) is 53.4 Å². The van der Waals surface area contributed by atoms with Crippen LogP contribution < -0.4 is 14.2 Å². The lowest BCUT2D eigenvalue weighted by Crippen LogP contribution is -2.09.